The monoisotopic (exact) mass is 769 g/mol. The molecule has 6 amide bonds. The number of carbonyl (C=O) groups excluding carboxylic acids is 4. The van der Waals surface area contributed by atoms with Gasteiger partial charge in [0, 0.05) is 18.8 Å². The summed E-state index contributed by atoms with van der Waals surface area (Å²) >= 11 is 0. The summed E-state index contributed by atoms with van der Waals surface area (Å²) in [5.74, 6) is -4.20. The summed E-state index contributed by atoms with van der Waals surface area (Å²) in [4.78, 5) is 87.2. The molecule has 0 radical (unpaired) electrons. The molecule has 2 saturated heterocycles. The van der Waals surface area contributed by atoms with Gasteiger partial charge in [-0.15, -0.1) is 0 Å². The van der Waals surface area contributed by atoms with Crippen molar-refractivity contribution < 1.29 is 43.4 Å². The van der Waals surface area contributed by atoms with E-state index in [9.17, 15) is 43.4 Å². The van der Waals surface area contributed by atoms with Crippen molar-refractivity contribution in [2.45, 2.75) is 75.8 Å². The number of benzene rings is 3. The van der Waals surface area contributed by atoms with Crippen molar-refractivity contribution in [3.63, 3.8) is 0 Å². The standard InChI is InChI=1S/C40H44FN7O8/c1-37(31(42)49)21-23-7-11-25(12-8-23)39(37,33(51)44-35(53)54)46-19-3-5-29(46)48(28-17-15-27(41)16-18-28)30-6-4-20-47(30)40(34(52)45-36(55)56)26-13-9-24(10-14-26)22-38(40,2)32(43)50/h7-18,29-30H,3-6,19-22H2,1-2H3,(H2,42,49)(H2,43,50)(H,44,51)(H,45,52)(H,53,54)(H,55,56)/t29?,30?,37?,38?,39-,40-/m1/s1. The first-order valence-corrected chi connectivity index (χ1v) is 18.5. The lowest BCUT2D eigenvalue weighted by molar-refractivity contribution is -0.159. The van der Waals surface area contributed by atoms with Gasteiger partial charge in [0.1, 0.15) is 16.9 Å². The Morgan fingerprint density at radius 3 is 1.38 bits per heavy atom. The van der Waals surface area contributed by atoms with E-state index in [4.69, 9.17) is 11.5 Å². The first-order chi connectivity index (χ1) is 26.5. The number of rotatable bonds is 9. The molecule has 4 aliphatic carbocycles. The Kier molecular flexibility index (Phi) is 9.40. The van der Waals surface area contributed by atoms with Crippen LogP contribution in [0, 0.1) is 16.6 Å². The number of fused-ring (bicyclic) bond motifs is 8. The van der Waals surface area contributed by atoms with E-state index in [-0.39, 0.29) is 25.9 Å². The molecule has 9 rings (SSSR count). The zero-order chi connectivity index (χ0) is 40.4. The van der Waals surface area contributed by atoms with Crippen LogP contribution in [0.15, 0.2) is 72.8 Å². The molecule has 2 heterocycles. The van der Waals surface area contributed by atoms with Crippen molar-refractivity contribution in [2.75, 3.05) is 18.0 Å². The highest BCUT2D eigenvalue weighted by Gasteiger charge is 2.68. The van der Waals surface area contributed by atoms with Crippen LogP contribution >= 0.6 is 0 Å². The minimum atomic E-state index is -2.01. The molecule has 0 spiro atoms. The molecule has 2 fully saturated rings. The summed E-state index contributed by atoms with van der Waals surface area (Å²) in [6.45, 7) is 3.45. The predicted octanol–water partition coefficient (Wildman–Crippen LogP) is 2.95. The molecular weight excluding hydrogens is 725 g/mol. The fourth-order valence-electron chi connectivity index (χ4n) is 10.3. The first kappa shape index (κ1) is 38.4. The van der Waals surface area contributed by atoms with Crippen LogP contribution in [-0.4, -0.2) is 81.2 Å². The molecule has 0 aromatic heterocycles. The van der Waals surface area contributed by atoms with Crippen molar-refractivity contribution >= 4 is 41.5 Å². The van der Waals surface area contributed by atoms with Crippen molar-refractivity contribution in [2.24, 2.45) is 22.3 Å². The van der Waals surface area contributed by atoms with E-state index in [0.29, 0.717) is 53.6 Å². The minimum Gasteiger partial charge on any atom is -0.465 e. The van der Waals surface area contributed by atoms with E-state index < -0.39 is 75.9 Å². The van der Waals surface area contributed by atoms with Gasteiger partial charge in [0.05, 0.1) is 23.2 Å². The van der Waals surface area contributed by atoms with Gasteiger partial charge in [-0.25, -0.2) is 14.0 Å². The van der Waals surface area contributed by atoms with E-state index in [1.54, 1.807) is 84.3 Å². The predicted molar refractivity (Wildman–Crippen MR) is 199 cm³/mol. The largest absolute Gasteiger partial charge is 0.465 e. The second-order valence-electron chi connectivity index (χ2n) is 15.6. The van der Waals surface area contributed by atoms with Gasteiger partial charge in [0.25, 0.3) is 11.8 Å². The molecule has 4 bridgehead atoms. The van der Waals surface area contributed by atoms with Gasteiger partial charge in [0.15, 0.2) is 0 Å². The molecule has 294 valence electrons. The SMILES string of the molecule is CC1(C(N)=O)Cc2ccc(cc2)[C@]1(C(=O)NC(=O)O)N1CCCC1N(c1ccc(F)cc1)C1CCCN1[C@@]1(C(=O)NC(=O)O)c2ccc(cc2)CC1(C)C(N)=O. The molecule has 6 atom stereocenters. The molecule has 4 unspecified atom stereocenters. The van der Waals surface area contributed by atoms with Gasteiger partial charge in [-0.05, 0) is 98.9 Å². The van der Waals surface area contributed by atoms with E-state index in [1.165, 1.54) is 12.1 Å². The first-order valence-electron chi connectivity index (χ1n) is 18.5. The summed E-state index contributed by atoms with van der Waals surface area (Å²) in [5, 5.41) is 24.0. The molecule has 8 N–H and O–H groups in total. The minimum absolute atomic E-state index is 0.00749. The quantitative estimate of drug-likeness (QED) is 0.185. The van der Waals surface area contributed by atoms with Crippen molar-refractivity contribution in [1.29, 1.82) is 0 Å². The molecule has 56 heavy (non-hydrogen) atoms. The lowest BCUT2D eigenvalue weighted by Gasteiger charge is -2.57. The number of amides is 6. The number of nitrogens with two attached hydrogens (primary N) is 2. The third-order valence-corrected chi connectivity index (χ3v) is 12.7. The number of nitrogens with zero attached hydrogens (tertiary/aromatic N) is 3. The maximum absolute atomic E-state index is 14.8. The molecule has 6 aliphatic rings. The van der Waals surface area contributed by atoms with E-state index in [0.717, 1.165) is 0 Å². The van der Waals surface area contributed by atoms with Gasteiger partial charge in [-0.1, -0.05) is 48.5 Å². The average molecular weight is 770 g/mol. The number of halogens is 1. The molecule has 15 nitrogen and oxygen atoms in total. The number of hydrogen-bond acceptors (Lipinski definition) is 9. The Morgan fingerprint density at radius 2 is 1.04 bits per heavy atom. The number of imide groups is 2. The Labute approximate surface area is 321 Å². The number of carbonyl (C=O) groups is 6. The van der Waals surface area contributed by atoms with Crippen LogP contribution in [0.4, 0.5) is 19.7 Å². The summed E-state index contributed by atoms with van der Waals surface area (Å²) in [5.41, 5.74) is 7.51. The van der Waals surface area contributed by atoms with E-state index in [1.807, 2.05) is 15.5 Å². The van der Waals surface area contributed by atoms with Gasteiger partial charge >= 0.3 is 12.2 Å². The molecule has 16 heteroatoms. The topological polar surface area (TPSA) is 229 Å². The van der Waals surface area contributed by atoms with Crippen LogP contribution in [-0.2, 0) is 43.1 Å². The third kappa shape index (κ3) is 5.44. The van der Waals surface area contributed by atoms with Gasteiger partial charge in [-0.2, -0.15) is 0 Å². The normalized spacial score (nSPS) is 29.6. The van der Waals surface area contributed by atoms with Crippen molar-refractivity contribution in [1.82, 2.24) is 20.4 Å². The Balaban J connectivity index is 1.49. The summed E-state index contributed by atoms with van der Waals surface area (Å²) in [7, 11) is 0. The highest BCUT2D eigenvalue weighted by molar-refractivity contribution is 6.04. The Hall–Kier alpha value is -5.87. The lowest BCUT2D eigenvalue weighted by atomic mass is 9.63. The Bertz CT molecular complexity index is 1990. The van der Waals surface area contributed by atoms with Crippen LogP contribution < -0.4 is 27.0 Å². The van der Waals surface area contributed by atoms with Crippen LogP contribution in [0.5, 0.6) is 0 Å². The van der Waals surface area contributed by atoms with Crippen molar-refractivity contribution in [3.05, 3.63) is 101 Å². The number of primary amides is 2. The molecule has 0 saturated carbocycles. The maximum Gasteiger partial charge on any atom is 0.411 e. The summed E-state index contributed by atoms with van der Waals surface area (Å²) in [6.07, 6.45) is -3.41. The number of hydrogen-bond donors (Lipinski definition) is 6. The number of carboxylic acid groups (broad SMARTS) is 2. The van der Waals surface area contributed by atoms with Crippen LogP contribution in [0.25, 0.3) is 0 Å². The molecule has 2 aliphatic heterocycles. The fraction of sp³-hybridized carbons (Fsp3) is 0.400. The van der Waals surface area contributed by atoms with Crippen LogP contribution in [0.3, 0.4) is 0 Å². The maximum atomic E-state index is 14.8. The average Bonchev–Trinajstić information content (AvgIpc) is 3.70. The third-order valence-electron chi connectivity index (χ3n) is 12.7. The smallest absolute Gasteiger partial charge is 0.411 e. The van der Waals surface area contributed by atoms with Gasteiger partial charge in [-0.3, -0.25) is 39.6 Å². The second kappa shape index (κ2) is 13.7. The van der Waals surface area contributed by atoms with Crippen LogP contribution in [0.2, 0.25) is 0 Å². The second-order valence-corrected chi connectivity index (χ2v) is 15.6. The number of anilines is 1. The molecular formula is C40H44FN7O8. The Morgan fingerprint density at radius 1 is 0.661 bits per heavy atom. The van der Waals surface area contributed by atoms with Gasteiger partial charge in [0.2, 0.25) is 11.8 Å². The highest BCUT2D eigenvalue weighted by Crippen LogP contribution is 2.56. The van der Waals surface area contributed by atoms with Crippen molar-refractivity contribution in [3.8, 4) is 0 Å². The zero-order valence-electron chi connectivity index (χ0n) is 31.0. The number of nitrogens with one attached hydrogen (secondary N) is 2. The zero-order valence-corrected chi connectivity index (χ0v) is 31.0. The van der Waals surface area contributed by atoms with Gasteiger partial charge < -0.3 is 26.6 Å². The summed E-state index contributed by atoms with van der Waals surface area (Å²) < 4.78 is 14.7. The highest BCUT2D eigenvalue weighted by atomic mass is 19.1. The van der Waals surface area contributed by atoms with E-state index in [2.05, 4.69) is 0 Å². The van der Waals surface area contributed by atoms with Crippen LogP contribution in [0.1, 0.15) is 61.8 Å². The fourth-order valence-corrected chi connectivity index (χ4v) is 10.3. The summed E-state index contributed by atoms with van der Waals surface area (Å²) in [6, 6.07) is 19.4. The molecule has 3 aromatic rings. The number of likely N-dealkylation sites (tertiary alicyclic amines) is 2. The lowest BCUT2D eigenvalue weighted by Crippen LogP contribution is -2.74. The molecule has 3 aromatic carbocycles. The van der Waals surface area contributed by atoms with E-state index >= 15 is 0 Å².